The first kappa shape index (κ1) is 13.6. The number of benzene rings is 1. The Kier molecular flexibility index (Phi) is 4.57. The Labute approximate surface area is 120 Å². The molecule has 0 atom stereocenters. The number of anilines is 3. The maximum Gasteiger partial charge on any atom is 0.222 e. The lowest BCUT2D eigenvalue weighted by molar-refractivity contribution is 0.317. The number of halogens is 1. The molecule has 0 aliphatic carbocycles. The average Bonchev–Trinajstić information content (AvgIpc) is 2.42. The predicted molar refractivity (Wildman–Crippen MR) is 79.7 cm³/mol. The molecular formula is C13H15BrN4O. The van der Waals surface area contributed by atoms with E-state index in [1.165, 1.54) is 0 Å². The highest BCUT2D eigenvalue weighted by molar-refractivity contribution is 9.10. The molecule has 3 N–H and O–H groups in total. The van der Waals surface area contributed by atoms with E-state index >= 15 is 0 Å². The number of nitrogens with one attached hydrogen (secondary N) is 1. The predicted octanol–water partition coefficient (Wildman–Crippen LogP) is 3.35. The molecule has 2 aromatic rings. The molecule has 0 radical (unpaired) electrons. The molecule has 1 aromatic carbocycles. The first-order chi connectivity index (χ1) is 9.19. The number of nitrogen functional groups attached to an aromatic ring is 1. The molecular weight excluding hydrogens is 308 g/mol. The molecule has 0 aliphatic heterocycles. The van der Waals surface area contributed by atoms with Crippen molar-refractivity contribution in [1.82, 2.24) is 9.97 Å². The normalized spacial score (nSPS) is 10.2. The Morgan fingerprint density at radius 3 is 2.74 bits per heavy atom. The van der Waals surface area contributed by atoms with Crippen molar-refractivity contribution in [2.45, 2.75) is 13.3 Å². The van der Waals surface area contributed by atoms with E-state index < -0.39 is 0 Å². The van der Waals surface area contributed by atoms with E-state index in [9.17, 15) is 0 Å². The summed E-state index contributed by atoms with van der Waals surface area (Å²) in [5.74, 6) is 1.72. The van der Waals surface area contributed by atoms with Crippen LogP contribution in [0.1, 0.15) is 13.3 Å². The van der Waals surface area contributed by atoms with Crippen molar-refractivity contribution in [1.29, 1.82) is 0 Å². The van der Waals surface area contributed by atoms with Gasteiger partial charge in [0.2, 0.25) is 5.95 Å². The topological polar surface area (TPSA) is 73.1 Å². The Balaban J connectivity index is 2.08. The largest absolute Gasteiger partial charge is 0.494 e. The first-order valence-electron chi connectivity index (χ1n) is 5.97. The van der Waals surface area contributed by atoms with Gasteiger partial charge in [-0.2, -0.15) is 4.98 Å². The van der Waals surface area contributed by atoms with Crippen LogP contribution in [0.15, 0.2) is 34.9 Å². The van der Waals surface area contributed by atoms with Crippen LogP contribution in [0.3, 0.4) is 0 Å². The number of hydrogen-bond donors (Lipinski definition) is 2. The van der Waals surface area contributed by atoms with E-state index in [1.54, 1.807) is 6.20 Å². The highest BCUT2D eigenvalue weighted by Crippen LogP contribution is 2.24. The minimum absolute atomic E-state index is 0.230. The fourth-order valence-electron chi connectivity index (χ4n) is 1.46. The Morgan fingerprint density at radius 2 is 2.05 bits per heavy atom. The highest BCUT2D eigenvalue weighted by atomic mass is 79.9. The molecule has 6 heteroatoms. The van der Waals surface area contributed by atoms with Gasteiger partial charge in [-0.1, -0.05) is 6.92 Å². The first-order valence-corrected chi connectivity index (χ1v) is 6.76. The number of hydrogen-bond acceptors (Lipinski definition) is 5. The molecule has 19 heavy (non-hydrogen) atoms. The molecule has 100 valence electrons. The van der Waals surface area contributed by atoms with Gasteiger partial charge in [0.1, 0.15) is 11.6 Å². The number of ether oxygens (including phenoxy) is 1. The molecule has 0 saturated carbocycles. The summed E-state index contributed by atoms with van der Waals surface area (Å²) in [6.07, 6.45) is 2.61. The molecule has 0 saturated heterocycles. The molecule has 5 nitrogen and oxygen atoms in total. The van der Waals surface area contributed by atoms with Gasteiger partial charge in [-0.25, -0.2) is 4.98 Å². The van der Waals surface area contributed by atoms with Gasteiger partial charge in [-0.3, -0.25) is 0 Å². The highest BCUT2D eigenvalue weighted by Gasteiger charge is 2.04. The molecule has 0 unspecified atom stereocenters. The van der Waals surface area contributed by atoms with Gasteiger partial charge >= 0.3 is 0 Å². The molecule has 0 bridgehead atoms. The van der Waals surface area contributed by atoms with Crippen molar-refractivity contribution in [2.24, 2.45) is 0 Å². The van der Waals surface area contributed by atoms with Crippen LogP contribution in [0.25, 0.3) is 0 Å². The number of nitrogens with two attached hydrogens (primary N) is 1. The maximum atomic E-state index is 5.56. The molecule has 1 heterocycles. The molecule has 0 aliphatic rings. The van der Waals surface area contributed by atoms with E-state index in [0.29, 0.717) is 5.82 Å². The zero-order valence-electron chi connectivity index (χ0n) is 10.6. The molecule has 2 rings (SSSR count). The van der Waals surface area contributed by atoms with E-state index in [0.717, 1.165) is 28.9 Å². The fourth-order valence-corrected chi connectivity index (χ4v) is 1.75. The van der Waals surface area contributed by atoms with Gasteiger partial charge in [0, 0.05) is 11.9 Å². The van der Waals surface area contributed by atoms with Crippen LogP contribution < -0.4 is 15.8 Å². The average molecular weight is 323 g/mol. The van der Waals surface area contributed by atoms with E-state index in [1.807, 2.05) is 24.3 Å². The van der Waals surface area contributed by atoms with E-state index in [2.05, 4.69) is 38.1 Å². The second kappa shape index (κ2) is 6.38. The third kappa shape index (κ3) is 3.82. The minimum atomic E-state index is 0.230. The molecule has 1 aromatic heterocycles. The zero-order valence-corrected chi connectivity index (χ0v) is 12.1. The minimum Gasteiger partial charge on any atom is -0.494 e. The smallest absolute Gasteiger partial charge is 0.222 e. The summed E-state index contributed by atoms with van der Waals surface area (Å²) in [6.45, 7) is 2.80. The standard InChI is InChI=1S/C13H15BrN4O/c1-2-7-19-10-5-3-9(4-6-10)17-12-11(14)8-16-13(15)18-12/h3-6,8H,2,7H2,1H3,(H3,15,16,17,18). The van der Waals surface area contributed by atoms with Crippen molar-refractivity contribution >= 4 is 33.4 Å². The summed E-state index contributed by atoms with van der Waals surface area (Å²) in [5, 5.41) is 3.16. The molecule has 0 amide bonds. The number of nitrogens with zero attached hydrogens (tertiary/aromatic N) is 2. The maximum absolute atomic E-state index is 5.56. The van der Waals surface area contributed by atoms with Gasteiger partial charge < -0.3 is 15.8 Å². The monoisotopic (exact) mass is 322 g/mol. The fraction of sp³-hybridized carbons (Fsp3) is 0.231. The second-order valence-electron chi connectivity index (χ2n) is 3.92. The van der Waals surface area contributed by atoms with Crippen LogP contribution in [-0.4, -0.2) is 16.6 Å². The van der Waals surface area contributed by atoms with Crippen LogP contribution in [0, 0.1) is 0 Å². The zero-order chi connectivity index (χ0) is 13.7. The van der Waals surface area contributed by atoms with Crippen molar-refractivity contribution < 1.29 is 4.74 Å². The summed E-state index contributed by atoms with van der Waals surface area (Å²) < 4.78 is 6.28. The van der Waals surface area contributed by atoms with E-state index in [-0.39, 0.29) is 5.95 Å². The summed E-state index contributed by atoms with van der Waals surface area (Å²) >= 11 is 3.37. The number of rotatable bonds is 5. The van der Waals surface area contributed by atoms with Crippen LogP contribution in [0.4, 0.5) is 17.5 Å². The Morgan fingerprint density at radius 1 is 1.32 bits per heavy atom. The lowest BCUT2D eigenvalue weighted by atomic mass is 10.3. The van der Waals surface area contributed by atoms with Crippen LogP contribution in [0.2, 0.25) is 0 Å². The van der Waals surface area contributed by atoms with Gasteiger partial charge in [-0.05, 0) is 46.6 Å². The quantitative estimate of drug-likeness (QED) is 0.883. The van der Waals surface area contributed by atoms with E-state index in [4.69, 9.17) is 10.5 Å². The SMILES string of the molecule is CCCOc1ccc(Nc2nc(N)ncc2Br)cc1. The lowest BCUT2D eigenvalue weighted by Gasteiger charge is -2.09. The van der Waals surface area contributed by atoms with Crippen molar-refractivity contribution in [3.63, 3.8) is 0 Å². The Bertz CT molecular complexity index is 545. The van der Waals surface area contributed by atoms with Crippen LogP contribution in [0.5, 0.6) is 5.75 Å². The summed E-state index contributed by atoms with van der Waals surface area (Å²) in [6, 6.07) is 7.68. The van der Waals surface area contributed by atoms with Crippen molar-refractivity contribution in [3.8, 4) is 5.75 Å². The lowest BCUT2D eigenvalue weighted by Crippen LogP contribution is -2.00. The van der Waals surface area contributed by atoms with Gasteiger partial charge in [-0.15, -0.1) is 0 Å². The van der Waals surface area contributed by atoms with Crippen molar-refractivity contribution in [2.75, 3.05) is 17.7 Å². The van der Waals surface area contributed by atoms with Crippen molar-refractivity contribution in [3.05, 3.63) is 34.9 Å². The Hall–Kier alpha value is -1.82. The van der Waals surface area contributed by atoms with Gasteiger partial charge in [0.25, 0.3) is 0 Å². The third-order valence-corrected chi connectivity index (χ3v) is 2.93. The van der Waals surface area contributed by atoms with Gasteiger partial charge in [0.15, 0.2) is 0 Å². The third-order valence-electron chi connectivity index (χ3n) is 2.35. The summed E-state index contributed by atoms with van der Waals surface area (Å²) in [4.78, 5) is 8.01. The summed E-state index contributed by atoms with van der Waals surface area (Å²) in [5.41, 5.74) is 6.46. The molecule has 0 fully saturated rings. The van der Waals surface area contributed by atoms with Crippen LogP contribution in [-0.2, 0) is 0 Å². The summed E-state index contributed by atoms with van der Waals surface area (Å²) in [7, 11) is 0. The second-order valence-corrected chi connectivity index (χ2v) is 4.78. The van der Waals surface area contributed by atoms with Gasteiger partial charge in [0.05, 0.1) is 11.1 Å². The number of aromatic nitrogens is 2. The van der Waals surface area contributed by atoms with Crippen LogP contribution >= 0.6 is 15.9 Å². The molecule has 0 spiro atoms.